The number of halogens is 4. The average molecular weight is 647 g/mol. The normalized spacial score (nSPS) is 17.2. The summed E-state index contributed by atoms with van der Waals surface area (Å²) < 4.78 is 97.6. The Balaban J connectivity index is 1.44. The fourth-order valence-electron chi connectivity index (χ4n) is 4.97. The van der Waals surface area contributed by atoms with Gasteiger partial charge in [0.05, 0.1) is 21.2 Å². The predicted octanol–water partition coefficient (Wildman–Crippen LogP) is 4.24. The summed E-state index contributed by atoms with van der Waals surface area (Å²) in [6.45, 7) is 3.55. The van der Waals surface area contributed by atoms with Gasteiger partial charge in [-0.05, 0) is 44.9 Å². The number of piperazine rings is 1. The van der Waals surface area contributed by atoms with Crippen molar-refractivity contribution < 1.29 is 30.0 Å². The van der Waals surface area contributed by atoms with Crippen LogP contribution in [0, 0.1) is 17.5 Å². The maximum absolute atomic E-state index is 15.3. The van der Waals surface area contributed by atoms with Crippen molar-refractivity contribution in [3.05, 3.63) is 52.3 Å². The van der Waals surface area contributed by atoms with Gasteiger partial charge in [0.25, 0.3) is 0 Å². The van der Waals surface area contributed by atoms with E-state index in [2.05, 4.69) is 15.1 Å². The largest absolute Gasteiger partial charge is 0.350 e. The van der Waals surface area contributed by atoms with E-state index in [4.69, 9.17) is 11.6 Å². The molecule has 218 valence electrons. The van der Waals surface area contributed by atoms with Crippen LogP contribution in [-0.2, 0) is 19.9 Å². The van der Waals surface area contributed by atoms with Gasteiger partial charge in [-0.1, -0.05) is 11.6 Å². The quantitative estimate of drug-likeness (QED) is 0.303. The SMILES string of the molecule is CC(C)S(=O)(=O)c1nc(S(=O)(=O)n2nc(N3CCN(c4ncc(Cl)cc4F)CC34CC4)c3c(F)ccc(F)c32)cs1. The monoisotopic (exact) mass is 646 g/mol. The topological polar surface area (TPSA) is 118 Å². The molecule has 1 aromatic carbocycles. The number of pyridine rings is 1. The Morgan fingerprint density at radius 2 is 1.73 bits per heavy atom. The number of thiazole rings is 1. The van der Waals surface area contributed by atoms with Crippen molar-refractivity contribution in [2.24, 2.45) is 0 Å². The van der Waals surface area contributed by atoms with Gasteiger partial charge >= 0.3 is 10.0 Å². The van der Waals surface area contributed by atoms with Crippen molar-refractivity contribution >= 4 is 65.3 Å². The number of aromatic nitrogens is 4. The van der Waals surface area contributed by atoms with E-state index in [0.29, 0.717) is 28.3 Å². The summed E-state index contributed by atoms with van der Waals surface area (Å²) in [6.07, 6.45) is 2.55. The van der Waals surface area contributed by atoms with Gasteiger partial charge in [-0.25, -0.2) is 31.6 Å². The Bertz CT molecular complexity index is 1930. The Morgan fingerprint density at radius 1 is 1.02 bits per heavy atom. The summed E-state index contributed by atoms with van der Waals surface area (Å²) in [6, 6.07) is 2.84. The molecule has 10 nitrogen and oxygen atoms in total. The van der Waals surface area contributed by atoms with Crippen molar-refractivity contribution in [2.75, 3.05) is 29.4 Å². The average Bonchev–Trinajstić information content (AvgIpc) is 3.31. The number of benzene rings is 1. The van der Waals surface area contributed by atoms with Crippen LogP contribution >= 0.6 is 22.9 Å². The molecule has 1 aliphatic heterocycles. The van der Waals surface area contributed by atoms with Crippen LogP contribution in [0.25, 0.3) is 10.9 Å². The highest BCUT2D eigenvalue weighted by atomic mass is 35.5. The summed E-state index contributed by atoms with van der Waals surface area (Å²) >= 11 is 6.46. The number of hydrogen-bond acceptors (Lipinski definition) is 10. The van der Waals surface area contributed by atoms with Crippen molar-refractivity contribution in [2.45, 2.75) is 46.8 Å². The molecule has 41 heavy (non-hydrogen) atoms. The molecule has 0 bridgehead atoms. The van der Waals surface area contributed by atoms with Gasteiger partial charge in [0.2, 0.25) is 14.2 Å². The number of fused-ring (bicyclic) bond motifs is 1. The molecule has 0 radical (unpaired) electrons. The molecule has 0 N–H and O–H groups in total. The van der Waals surface area contributed by atoms with Crippen LogP contribution in [0.15, 0.2) is 39.1 Å². The molecule has 4 aromatic rings. The smallest absolute Gasteiger partial charge is 0.302 e. The first-order valence-electron chi connectivity index (χ1n) is 12.4. The van der Waals surface area contributed by atoms with Crippen LogP contribution in [-0.4, -0.2) is 66.4 Å². The molecule has 1 aliphatic carbocycles. The van der Waals surface area contributed by atoms with Crippen molar-refractivity contribution in [1.29, 1.82) is 0 Å². The molecule has 17 heteroatoms. The minimum atomic E-state index is -4.74. The third-order valence-corrected chi connectivity index (χ3v) is 12.6. The minimum absolute atomic E-state index is 0.0903. The number of anilines is 2. The molecule has 1 saturated heterocycles. The number of hydrogen-bond donors (Lipinski definition) is 0. The lowest BCUT2D eigenvalue weighted by Crippen LogP contribution is -2.56. The second-order valence-electron chi connectivity index (χ2n) is 10.2. The highest BCUT2D eigenvalue weighted by molar-refractivity contribution is 7.94. The number of nitrogens with zero attached hydrogens (tertiary/aromatic N) is 6. The van der Waals surface area contributed by atoms with Crippen molar-refractivity contribution in [1.82, 2.24) is 19.2 Å². The number of rotatable bonds is 6. The lowest BCUT2D eigenvalue weighted by Gasteiger charge is -2.43. The fourth-order valence-corrected chi connectivity index (χ4v) is 9.14. The molecule has 0 atom stereocenters. The Hall–Kier alpha value is -2.95. The second-order valence-corrected chi connectivity index (χ2v) is 15.9. The Morgan fingerprint density at radius 3 is 2.39 bits per heavy atom. The van der Waals surface area contributed by atoms with Gasteiger partial charge in [0.15, 0.2) is 28.3 Å². The van der Waals surface area contributed by atoms with Crippen LogP contribution in [0.1, 0.15) is 26.7 Å². The van der Waals surface area contributed by atoms with Crippen molar-refractivity contribution in [3.8, 4) is 0 Å². The predicted molar refractivity (Wildman–Crippen MR) is 147 cm³/mol. The third-order valence-electron chi connectivity index (χ3n) is 7.32. The zero-order chi connectivity index (χ0) is 29.5. The first-order valence-corrected chi connectivity index (χ1v) is 16.7. The maximum Gasteiger partial charge on any atom is 0.302 e. The summed E-state index contributed by atoms with van der Waals surface area (Å²) in [7, 11) is -8.63. The summed E-state index contributed by atoms with van der Waals surface area (Å²) in [5, 5.41) is 3.55. The van der Waals surface area contributed by atoms with Gasteiger partial charge < -0.3 is 9.80 Å². The molecule has 6 rings (SSSR count). The third kappa shape index (κ3) is 4.46. The molecule has 3 aromatic heterocycles. The zero-order valence-corrected chi connectivity index (χ0v) is 24.8. The van der Waals surface area contributed by atoms with Crippen LogP contribution in [0.5, 0.6) is 0 Å². The van der Waals surface area contributed by atoms with Crippen LogP contribution < -0.4 is 9.80 Å². The number of sulfone groups is 1. The van der Waals surface area contributed by atoms with Gasteiger partial charge in [-0.2, -0.15) is 8.42 Å². The molecular weight excluding hydrogens is 625 g/mol. The minimum Gasteiger partial charge on any atom is -0.350 e. The summed E-state index contributed by atoms with van der Waals surface area (Å²) in [4.78, 5) is 11.4. The van der Waals surface area contributed by atoms with Gasteiger partial charge in [-0.15, -0.1) is 20.5 Å². The Labute approximate surface area is 242 Å². The second kappa shape index (κ2) is 9.54. The lowest BCUT2D eigenvalue weighted by molar-refractivity contribution is 0.492. The standard InChI is InChI=1S/C24H22ClF3N6O4S3/c1-13(2)40(35,36)23-30-18(11-39-23)41(37,38)34-20-16(27)4-3-15(26)19(20)22(31-34)33-8-7-32(12-24(33)5-6-24)21-17(28)9-14(25)10-29-21/h3-4,9-11,13H,5-8,12H2,1-2H3. The summed E-state index contributed by atoms with van der Waals surface area (Å²) in [5.74, 6) is -2.51. The first-order chi connectivity index (χ1) is 19.3. The van der Waals surface area contributed by atoms with E-state index in [0.717, 1.165) is 23.6 Å². The van der Waals surface area contributed by atoms with Crippen LogP contribution in [0.2, 0.25) is 5.02 Å². The molecule has 1 saturated carbocycles. The van der Waals surface area contributed by atoms with E-state index in [-0.39, 0.29) is 41.7 Å². The zero-order valence-electron chi connectivity index (χ0n) is 21.6. The molecule has 2 aliphatic rings. The van der Waals surface area contributed by atoms with Crippen LogP contribution in [0.3, 0.4) is 0 Å². The Kier molecular flexibility index (Phi) is 6.56. The highest BCUT2D eigenvalue weighted by Crippen LogP contribution is 2.49. The van der Waals surface area contributed by atoms with E-state index in [1.54, 1.807) is 9.80 Å². The van der Waals surface area contributed by atoms with Crippen molar-refractivity contribution in [3.63, 3.8) is 0 Å². The first kappa shape index (κ1) is 28.2. The van der Waals surface area contributed by atoms with Gasteiger partial charge in [0, 0.05) is 31.2 Å². The molecule has 4 heterocycles. The van der Waals surface area contributed by atoms with Gasteiger partial charge in [0.1, 0.15) is 11.3 Å². The molecule has 0 amide bonds. The van der Waals surface area contributed by atoms with E-state index in [1.165, 1.54) is 20.0 Å². The molecule has 1 spiro atoms. The van der Waals surface area contributed by atoms with Gasteiger partial charge in [-0.3, -0.25) is 0 Å². The van der Waals surface area contributed by atoms with E-state index in [9.17, 15) is 21.2 Å². The lowest BCUT2D eigenvalue weighted by atomic mass is 10.1. The molecular formula is C24H22ClF3N6O4S3. The maximum atomic E-state index is 15.3. The fraction of sp³-hybridized carbons (Fsp3) is 0.375. The van der Waals surface area contributed by atoms with Crippen LogP contribution in [0.4, 0.5) is 24.8 Å². The highest BCUT2D eigenvalue weighted by Gasteiger charge is 2.53. The van der Waals surface area contributed by atoms with E-state index < -0.39 is 63.0 Å². The van der Waals surface area contributed by atoms with E-state index in [1.807, 2.05) is 0 Å². The molecule has 2 fully saturated rings. The molecule has 0 unspecified atom stereocenters. The summed E-state index contributed by atoms with van der Waals surface area (Å²) in [5.41, 5.74) is -1.27. The van der Waals surface area contributed by atoms with E-state index >= 15 is 8.78 Å².